The predicted molar refractivity (Wildman–Crippen MR) is 63.9 cm³/mol. The molecule has 2 N–H and O–H groups in total. The van der Waals surface area contributed by atoms with E-state index in [1.54, 1.807) is 12.1 Å². The molecule has 1 fully saturated rings. The molecule has 1 heterocycles. The monoisotopic (exact) mass is 240 g/mol. The molecule has 0 radical (unpaired) electrons. The van der Waals surface area contributed by atoms with Crippen LogP contribution in [0.25, 0.3) is 0 Å². The number of nitrogens with zero attached hydrogens (tertiary/aromatic N) is 1. The molecule has 1 atom stereocenters. The molecule has 1 aromatic carbocycles. The van der Waals surface area contributed by atoms with Gasteiger partial charge in [-0.25, -0.2) is 13.6 Å². The van der Waals surface area contributed by atoms with Gasteiger partial charge in [0, 0.05) is 12.6 Å². The molecule has 5 heteroatoms. The topological polar surface area (TPSA) is 63.4 Å². The summed E-state index contributed by atoms with van der Waals surface area (Å²) in [6.07, 6.45) is 2.19. The molecule has 0 spiro atoms. The zero-order valence-corrected chi connectivity index (χ0v) is 10.1. The molecular weight excluding hydrogens is 224 g/mol. The van der Waals surface area contributed by atoms with Gasteiger partial charge in [0.15, 0.2) is 0 Å². The van der Waals surface area contributed by atoms with Crippen LogP contribution >= 0.6 is 0 Å². The second kappa shape index (κ2) is 4.07. The van der Waals surface area contributed by atoms with Gasteiger partial charge in [-0.05, 0) is 31.9 Å². The Bertz CT molecular complexity index is 485. The molecule has 1 saturated heterocycles. The Labute approximate surface area is 96.1 Å². The Balaban J connectivity index is 2.48. The maximum Gasteiger partial charge on any atom is 0.240 e. The van der Waals surface area contributed by atoms with Crippen LogP contribution in [0, 0.1) is 0 Å². The van der Waals surface area contributed by atoms with Gasteiger partial charge in [-0.1, -0.05) is 12.1 Å². The summed E-state index contributed by atoms with van der Waals surface area (Å²) in [5.41, 5.74) is 0.731. The van der Waals surface area contributed by atoms with E-state index in [0.717, 1.165) is 25.1 Å². The van der Waals surface area contributed by atoms with E-state index in [9.17, 15) is 8.42 Å². The quantitative estimate of drug-likeness (QED) is 0.848. The first kappa shape index (κ1) is 11.4. The second-order valence-electron chi connectivity index (χ2n) is 4.20. The number of primary sulfonamides is 1. The van der Waals surface area contributed by atoms with Crippen molar-refractivity contribution < 1.29 is 8.42 Å². The van der Waals surface area contributed by atoms with Crippen molar-refractivity contribution in [2.45, 2.75) is 30.7 Å². The smallest absolute Gasteiger partial charge is 0.240 e. The maximum absolute atomic E-state index is 11.5. The van der Waals surface area contributed by atoms with E-state index in [0.29, 0.717) is 6.04 Å². The Kier molecular flexibility index (Phi) is 2.90. The minimum atomic E-state index is -3.64. The van der Waals surface area contributed by atoms with Crippen molar-refractivity contribution in [3.63, 3.8) is 0 Å². The number of para-hydroxylation sites is 1. The van der Waals surface area contributed by atoms with Crippen molar-refractivity contribution >= 4 is 15.7 Å². The predicted octanol–water partition coefficient (Wildman–Crippen LogP) is 1.32. The van der Waals surface area contributed by atoms with Crippen LogP contribution in [0.1, 0.15) is 19.8 Å². The molecular formula is C11H16N2O2S. The van der Waals surface area contributed by atoms with Crippen molar-refractivity contribution in [1.82, 2.24) is 0 Å². The van der Waals surface area contributed by atoms with Crippen molar-refractivity contribution in [3.8, 4) is 0 Å². The molecule has 88 valence electrons. The minimum Gasteiger partial charge on any atom is -0.368 e. The first-order chi connectivity index (χ1) is 7.50. The Morgan fingerprint density at radius 2 is 2.06 bits per heavy atom. The summed E-state index contributed by atoms with van der Waals surface area (Å²) in [5.74, 6) is 0. The molecule has 16 heavy (non-hydrogen) atoms. The van der Waals surface area contributed by atoms with Crippen LogP contribution in [0.3, 0.4) is 0 Å². The van der Waals surface area contributed by atoms with Crippen LogP contribution in [0.2, 0.25) is 0 Å². The third-order valence-corrected chi connectivity index (χ3v) is 3.99. The fourth-order valence-electron chi connectivity index (χ4n) is 2.23. The van der Waals surface area contributed by atoms with Gasteiger partial charge in [0.2, 0.25) is 10.0 Å². The SMILES string of the molecule is CC1CCCN1c1ccccc1S(N)(=O)=O. The van der Waals surface area contributed by atoms with E-state index in [1.165, 1.54) is 0 Å². The van der Waals surface area contributed by atoms with Gasteiger partial charge in [0.25, 0.3) is 0 Å². The average molecular weight is 240 g/mol. The first-order valence-corrected chi connectivity index (χ1v) is 6.93. The molecule has 1 aliphatic heterocycles. The number of sulfonamides is 1. The van der Waals surface area contributed by atoms with E-state index in [-0.39, 0.29) is 4.90 Å². The molecule has 1 unspecified atom stereocenters. The van der Waals surface area contributed by atoms with Gasteiger partial charge in [-0.15, -0.1) is 0 Å². The van der Waals surface area contributed by atoms with Gasteiger partial charge in [0.1, 0.15) is 4.90 Å². The number of rotatable bonds is 2. The summed E-state index contributed by atoms with van der Waals surface area (Å²) >= 11 is 0. The zero-order chi connectivity index (χ0) is 11.8. The Morgan fingerprint density at radius 1 is 1.38 bits per heavy atom. The lowest BCUT2D eigenvalue weighted by atomic mass is 10.2. The summed E-state index contributed by atoms with van der Waals surface area (Å²) in [4.78, 5) is 2.34. The lowest BCUT2D eigenvalue weighted by Gasteiger charge is -2.25. The van der Waals surface area contributed by atoms with Crippen LogP contribution in [-0.4, -0.2) is 21.0 Å². The van der Waals surface area contributed by atoms with Crippen molar-refractivity contribution in [3.05, 3.63) is 24.3 Å². The van der Waals surface area contributed by atoms with E-state index < -0.39 is 10.0 Å². The van der Waals surface area contributed by atoms with E-state index in [4.69, 9.17) is 5.14 Å². The summed E-state index contributed by atoms with van der Waals surface area (Å²) < 4.78 is 22.9. The molecule has 0 aliphatic carbocycles. The van der Waals surface area contributed by atoms with Crippen LogP contribution in [0.15, 0.2) is 29.2 Å². The first-order valence-electron chi connectivity index (χ1n) is 5.38. The summed E-state index contributed by atoms with van der Waals surface area (Å²) in [6, 6.07) is 7.30. The third kappa shape index (κ3) is 2.05. The van der Waals surface area contributed by atoms with Crippen LogP contribution in [0.5, 0.6) is 0 Å². The molecule has 1 aromatic rings. The van der Waals surface area contributed by atoms with Crippen molar-refractivity contribution in [1.29, 1.82) is 0 Å². The fourth-order valence-corrected chi connectivity index (χ4v) is 2.97. The standard InChI is InChI=1S/C11H16N2O2S/c1-9-5-4-8-13(9)10-6-2-3-7-11(10)16(12,14)15/h2-3,6-7,9H,4-5,8H2,1H3,(H2,12,14,15). The molecule has 4 nitrogen and oxygen atoms in total. The highest BCUT2D eigenvalue weighted by Gasteiger charge is 2.25. The lowest BCUT2D eigenvalue weighted by molar-refractivity contribution is 0.597. The Hall–Kier alpha value is -1.07. The normalized spacial score (nSPS) is 21.4. The highest BCUT2D eigenvalue weighted by molar-refractivity contribution is 7.89. The number of anilines is 1. The van der Waals surface area contributed by atoms with Gasteiger partial charge in [0.05, 0.1) is 5.69 Å². The van der Waals surface area contributed by atoms with E-state index >= 15 is 0 Å². The Morgan fingerprint density at radius 3 is 2.62 bits per heavy atom. The molecule has 0 amide bonds. The van der Waals surface area contributed by atoms with Gasteiger partial charge in [-0.3, -0.25) is 0 Å². The van der Waals surface area contributed by atoms with E-state index in [1.807, 2.05) is 12.1 Å². The minimum absolute atomic E-state index is 0.226. The number of hydrogen-bond donors (Lipinski definition) is 1. The number of nitrogens with two attached hydrogens (primary N) is 1. The number of hydrogen-bond acceptors (Lipinski definition) is 3. The van der Waals surface area contributed by atoms with Gasteiger partial charge < -0.3 is 4.90 Å². The van der Waals surface area contributed by atoms with Crippen molar-refractivity contribution in [2.24, 2.45) is 5.14 Å². The second-order valence-corrected chi connectivity index (χ2v) is 5.73. The highest BCUT2D eigenvalue weighted by atomic mass is 32.2. The highest BCUT2D eigenvalue weighted by Crippen LogP contribution is 2.30. The molecule has 1 aliphatic rings. The van der Waals surface area contributed by atoms with Crippen LogP contribution in [0.4, 0.5) is 5.69 Å². The van der Waals surface area contributed by atoms with Crippen LogP contribution < -0.4 is 10.0 Å². The van der Waals surface area contributed by atoms with E-state index in [2.05, 4.69) is 11.8 Å². The summed E-state index contributed by atoms with van der Waals surface area (Å²) in [7, 11) is -3.64. The third-order valence-electron chi connectivity index (χ3n) is 3.03. The lowest BCUT2D eigenvalue weighted by Crippen LogP contribution is -2.28. The number of benzene rings is 1. The molecule has 0 saturated carbocycles. The largest absolute Gasteiger partial charge is 0.368 e. The zero-order valence-electron chi connectivity index (χ0n) is 9.26. The molecule has 2 rings (SSSR count). The summed E-state index contributed by atoms with van der Waals surface area (Å²) in [5, 5.41) is 5.22. The van der Waals surface area contributed by atoms with Crippen LogP contribution in [-0.2, 0) is 10.0 Å². The van der Waals surface area contributed by atoms with Gasteiger partial charge in [-0.2, -0.15) is 0 Å². The average Bonchev–Trinajstić information content (AvgIpc) is 2.63. The fraction of sp³-hybridized carbons (Fsp3) is 0.455. The van der Waals surface area contributed by atoms with Gasteiger partial charge >= 0.3 is 0 Å². The molecule has 0 bridgehead atoms. The van der Waals surface area contributed by atoms with Crippen molar-refractivity contribution in [2.75, 3.05) is 11.4 Å². The summed E-state index contributed by atoms with van der Waals surface area (Å²) in [6.45, 7) is 3.00. The molecule has 0 aromatic heterocycles. The maximum atomic E-state index is 11.5.